The molecule has 2 N–H and O–H groups in total. The van der Waals surface area contributed by atoms with Crippen LogP contribution in [0.4, 0.5) is 5.69 Å². The maximum atomic E-state index is 12.3. The van der Waals surface area contributed by atoms with E-state index in [0.29, 0.717) is 22.2 Å². The van der Waals surface area contributed by atoms with E-state index in [1.165, 1.54) is 24.3 Å². The number of aromatic amines is 1. The molecule has 0 spiro atoms. The van der Waals surface area contributed by atoms with Crippen LogP contribution in [0, 0.1) is 0 Å². The number of para-hydroxylation sites is 1. The number of esters is 2. The first kappa shape index (κ1) is 19.8. The van der Waals surface area contributed by atoms with Gasteiger partial charge in [-0.15, -0.1) is 0 Å². The molecule has 8 heteroatoms. The maximum absolute atomic E-state index is 12.3. The third-order valence-corrected chi connectivity index (χ3v) is 3.98. The van der Waals surface area contributed by atoms with Gasteiger partial charge >= 0.3 is 11.9 Å². The lowest BCUT2D eigenvalue weighted by atomic mass is 10.1. The zero-order valence-electron chi connectivity index (χ0n) is 15.6. The number of H-pyrrole nitrogens is 1. The monoisotopic (exact) mass is 394 g/mol. The SMILES string of the molecule is CCOC(=O)c1ccc(NC(=O)COC(=O)c2cc(=O)[nH]c3ccccc23)cc1. The van der Waals surface area contributed by atoms with E-state index >= 15 is 0 Å². The van der Waals surface area contributed by atoms with Crippen LogP contribution >= 0.6 is 0 Å². The molecule has 0 saturated heterocycles. The number of pyridine rings is 1. The minimum absolute atomic E-state index is 0.0796. The van der Waals surface area contributed by atoms with Gasteiger partial charge in [0.25, 0.3) is 5.91 Å². The van der Waals surface area contributed by atoms with E-state index in [2.05, 4.69) is 10.3 Å². The number of amides is 1. The van der Waals surface area contributed by atoms with Crippen LogP contribution in [-0.2, 0) is 14.3 Å². The Morgan fingerprint density at radius 1 is 0.966 bits per heavy atom. The van der Waals surface area contributed by atoms with Crippen molar-refractivity contribution in [3.8, 4) is 0 Å². The lowest BCUT2D eigenvalue weighted by molar-refractivity contribution is -0.119. The number of anilines is 1. The first-order valence-corrected chi connectivity index (χ1v) is 8.84. The summed E-state index contributed by atoms with van der Waals surface area (Å²) in [5, 5.41) is 3.08. The topological polar surface area (TPSA) is 115 Å². The molecule has 3 aromatic rings. The van der Waals surface area contributed by atoms with Gasteiger partial charge in [0.15, 0.2) is 6.61 Å². The van der Waals surface area contributed by atoms with Crippen molar-refractivity contribution in [2.24, 2.45) is 0 Å². The van der Waals surface area contributed by atoms with Crippen LogP contribution in [0.1, 0.15) is 27.6 Å². The highest BCUT2D eigenvalue weighted by Gasteiger charge is 2.15. The van der Waals surface area contributed by atoms with Gasteiger partial charge in [0.1, 0.15) is 0 Å². The molecular weight excluding hydrogens is 376 g/mol. The summed E-state index contributed by atoms with van der Waals surface area (Å²) in [6.07, 6.45) is 0. The van der Waals surface area contributed by atoms with E-state index in [-0.39, 0.29) is 12.2 Å². The molecule has 0 radical (unpaired) electrons. The molecular formula is C21H18N2O6. The van der Waals surface area contributed by atoms with E-state index in [1.807, 2.05) is 0 Å². The van der Waals surface area contributed by atoms with Gasteiger partial charge < -0.3 is 19.8 Å². The molecule has 1 aromatic heterocycles. The van der Waals surface area contributed by atoms with Gasteiger partial charge in [0.05, 0.1) is 17.7 Å². The van der Waals surface area contributed by atoms with Crippen LogP contribution in [0.2, 0.25) is 0 Å². The Balaban J connectivity index is 1.62. The number of hydrogen-bond donors (Lipinski definition) is 2. The van der Waals surface area contributed by atoms with Crippen LogP contribution in [0.15, 0.2) is 59.4 Å². The second-order valence-electron chi connectivity index (χ2n) is 6.01. The van der Waals surface area contributed by atoms with Crippen LogP contribution in [-0.4, -0.2) is 36.0 Å². The Kier molecular flexibility index (Phi) is 6.03. The lowest BCUT2D eigenvalue weighted by Crippen LogP contribution is -2.22. The van der Waals surface area contributed by atoms with E-state index in [1.54, 1.807) is 31.2 Å². The molecule has 0 aliphatic carbocycles. The van der Waals surface area contributed by atoms with Crippen LogP contribution in [0.5, 0.6) is 0 Å². The second kappa shape index (κ2) is 8.83. The summed E-state index contributed by atoms with van der Waals surface area (Å²) in [5.74, 6) is -1.79. The largest absolute Gasteiger partial charge is 0.462 e. The Hall–Kier alpha value is -3.94. The quantitative estimate of drug-likeness (QED) is 0.621. The minimum Gasteiger partial charge on any atom is -0.462 e. The number of rotatable bonds is 6. The lowest BCUT2D eigenvalue weighted by Gasteiger charge is -2.09. The Morgan fingerprint density at radius 2 is 1.69 bits per heavy atom. The Morgan fingerprint density at radius 3 is 2.41 bits per heavy atom. The molecule has 148 valence electrons. The van der Waals surface area contributed by atoms with E-state index in [4.69, 9.17) is 9.47 Å². The van der Waals surface area contributed by atoms with Crippen molar-refractivity contribution in [2.45, 2.75) is 6.92 Å². The van der Waals surface area contributed by atoms with Crippen molar-refractivity contribution in [1.29, 1.82) is 0 Å². The van der Waals surface area contributed by atoms with Gasteiger partial charge in [-0.2, -0.15) is 0 Å². The minimum atomic E-state index is -0.778. The number of ether oxygens (including phenoxy) is 2. The summed E-state index contributed by atoms with van der Waals surface area (Å²) in [6.45, 7) is 1.45. The summed E-state index contributed by atoms with van der Waals surface area (Å²) in [6, 6.07) is 14.0. The third-order valence-electron chi connectivity index (χ3n) is 3.98. The van der Waals surface area contributed by atoms with Crippen molar-refractivity contribution in [3.63, 3.8) is 0 Å². The second-order valence-corrected chi connectivity index (χ2v) is 6.01. The maximum Gasteiger partial charge on any atom is 0.339 e. The summed E-state index contributed by atoms with van der Waals surface area (Å²) < 4.78 is 9.93. The molecule has 8 nitrogen and oxygen atoms in total. The predicted octanol–water partition coefficient (Wildman–Crippen LogP) is 2.50. The number of carbonyl (C=O) groups excluding carboxylic acids is 3. The molecule has 0 saturated carbocycles. The molecule has 2 aromatic carbocycles. The van der Waals surface area contributed by atoms with Gasteiger partial charge in [-0.05, 0) is 37.3 Å². The molecule has 29 heavy (non-hydrogen) atoms. The molecule has 0 atom stereocenters. The average Bonchev–Trinajstić information content (AvgIpc) is 2.72. The van der Waals surface area contributed by atoms with Gasteiger partial charge in [0, 0.05) is 22.7 Å². The molecule has 3 rings (SSSR count). The number of nitrogens with one attached hydrogen (secondary N) is 2. The normalized spacial score (nSPS) is 10.4. The van der Waals surface area contributed by atoms with Crippen LogP contribution in [0.3, 0.4) is 0 Å². The molecule has 0 aliphatic heterocycles. The molecule has 0 aliphatic rings. The summed E-state index contributed by atoms with van der Waals surface area (Å²) in [7, 11) is 0. The number of benzene rings is 2. The van der Waals surface area contributed by atoms with Gasteiger partial charge in [-0.1, -0.05) is 18.2 Å². The highest BCUT2D eigenvalue weighted by molar-refractivity contribution is 6.04. The molecule has 0 fully saturated rings. The first-order valence-electron chi connectivity index (χ1n) is 8.84. The fraction of sp³-hybridized carbons (Fsp3) is 0.143. The van der Waals surface area contributed by atoms with Crippen molar-refractivity contribution < 1.29 is 23.9 Å². The Labute approximate surface area is 165 Å². The van der Waals surface area contributed by atoms with Gasteiger partial charge in [-0.3, -0.25) is 9.59 Å². The Bertz CT molecular complexity index is 1120. The van der Waals surface area contributed by atoms with Crippen LogP contribution in [0.25, 0.3) is 10.9 Å². The highest BCUT2D eigenvalue weighted by Crippen LogP contribution is 2.15. The van der Waals surface area contributed by atoms with Crippen LogP contribution < -0.4 is 10.9 Å². The van der Waals surface area contributed by atoms with Crippen molar-refractivity contribution >= 4 is 34.4 Å². The standard InChI is InChI=1S/C21H18N2O6/c1-2-28-20(26)13-7-9-14(10-8-13)22-19(25)12-29-21(27)16-11-18(24)23-17-6-4-3-5-15(16)17/h3-11H,2,12H2,1H3,(H,22,25)(H,23,24). The first-order chi connectivity index (χ1) is 14.0. The zero-order valence-corrected chi connectivity index (χ0v) is 15.6. The molecule has 0 unspecified atom stereocenters. The van der Waals surface area contributed by atoms with E-state index in [9.17, 15) is 19.2 Å². The van der Waals surface area contributed by atoms with E-state index < -0.39 is 30.0 Å². The molecule has 1 heterocycles. The third kappa shape index (κ3) is 4.86. The van der Waals surface area contributed by atoms with Crippen molar-refractivity contribution in [3.05, 3.63) is 76.1 Å². The number of aromatic nitrogens is 1. The number of hydrogen-bond acceptors (Lipinski definition) is 6. The van der Waals surface area contributed by atoms with Gasteiger partial charge in [0.2, 0.25) is 5.56 Å². The fourth-order valence-corrected chi connectivity index (χ4v) is 2.68. The average molecular weight is 394 g/mol. The summed E-state index contributed by atoms with van der Waals surface area (Å²) in [5.41, 5.74) is 0.925. The van der Waals surface area contributed by atoms with Crippen molar-refractivity contribution in [2.75, 3.05) is 18.5 Å². The number of carbonyl (C=O) groups is 3. The number of fused-ring (bicyclic) bond motifs is 1. The molecule has 0 bridgehead atoms. The highest BCUT2D eigenvalue weighted by atomic mass is 16.5. The van der Waals surface area contributed by atoms with Gasteiger partial charge in [-0.25, -0.2) is 9.59 Å². The van der Waals surface area contributed by atoms with E-state index in [0.717, 1.165) is 6.07 Å². The predicted molar refractivity (Wildman–Crippen MR) is 106 cm³/mol. The summed E-state index contributed by atoms with van der Waals surface area (Å²) >= 11 is 0. The zero-order chi connectivity index (χ0) is 20.8. The smallest absolute Gasteiger partial charge is 0.339 e. The summed E-state index contributed by atoms with van der Waals surface area (Å²) in [4.78, 5) is 50.4. The molecule has 1 amide bonds. The van der Waals surface area contributed by atoms with Crippen molar-refractivity contribution in [1.82, 2.24) is 4.98 Å². The fourth-order valence-electron chi connectivity index (χ4n) is 2.68.